The van der Waals surface area contributed by atoms with Crippen molar-refractivity contribution >= 4 is 53.4 Å². The molecule has 66 heavy (non-hydrogen) atoms. The van der Waals surface area contributed by atoms with Gasteiger partial charge < -0.3 is 79.5 Å². The van der Waals surface area contributed by atoms with Crippen molar-refractivity contribution in [3.63, 3.8) is 0 Å². The Morgan fingerprint density at radius 2 is 0.879 bits per heavy atom. The summed E-state index contributed by atoms with van der Waals surface area (Å²) in [4.78, 5) is 24.5. The van der Waals surface area contributed by atoms with Gasteiger partial charge in [-0.15, -0.1) is 0 Å². The molecule has 4 fully saturated rings. The summed E-state index contributed by atoms with van der Waals surface area (Å²) in [6.45, 7) is -3.10. The third-order valence-corrected chi connectivity index (χ3v) is 11.4. The molecule has 19 atom stereocenters. The lowest BCUT2D eigenvalue weighted by atomic mass is 9.94. The number of aliphatic hydroxyl groups excluding tert-OH is 7. The van der Waals surface area contributed by atoms with E-state index in [0.717, 1.165) is 13.8 Å². The number of ether oxygens (including phenoxy) is 7. The van der Waals surface area contributed by atoms with E-state index < -0.39 is 203 Å². The van der Waals surface area contributed by atoms with Gasteiger partial charge in [0.1, 0.15) is 79.2 Å². The average molecular weight is 1050 g/mol. The summed E-state index contributed by atoms with van der Waals surface area (Å²) in [5.74, 6) is -1.84. The summed E-state index contributed by atoms with van der Waals surface area (Å²) in [6, 6.07) is -3.64. The molecular weight excluding hydrogens is 1000 g/mol. The van der Waals surface area contributed by atoms with E-state index in [9.17, 15) is 88.1 Å². The molecule has 0 aromatic carbocycles. The summed E-state index contributed by atoms with van der Waals surface area (Å²) in [7, 11) is -21.0. The Kier molecular flexibility index (Phi) is 19.4. The van der Waals surface area contributed by atoms with E-state index in [1.807, 2.05) is 0 Å². The number of aliphatic hydroxyl groups is 7. The molecule has 386 valence electrons. The van der Waals surface area contributed by atoms with Crippen LogP contribution in [0.1, 0.15) is 20.3 Å². The number of carbonyl (C=O) groups excluding carboxylic acids is 2. The Morgan fingerprint density at radius 3 is 1.36 bits per heavy atom. The lowest BCUT2D eigenvalue weighted by Gasteiger charge is -2.50. The van der Waals surface area contributed by atoms with Gasteiger partial charge in [-0.05, 0) is 0 Å². The zero-order valence-corrected chi connectivity index (χ0v) is 36.9. The van der Waals surface area contributed by atoms with E-state index >= 15 is 0 Å². The first-order chi connectivity index (χ1) is 30.2. The molecule has 0 unspecified atom stereocenters. The van der Waals surface area contributed by atoms with Crippen LogP contribution in [-0.2, 0) is 101 Å². The van der Waals surface area contributed by atoms with Crippen LogP contribution < -0.4 is 10.6 Å². The largest absolute Gasteiger partial charge is 0.397 e. The number of amides is 2. The summed E-state index contributed by atoms with van der Waals surface area (Å²) in [6.07, 6.45) is -37.1. The highest BCUT2D eigenvalue weighted by Gasteiger charge is 2.56. The number of hydrogen-bond donors (Lipinski definition) is 13. The van der Waals surface area contributed by atoms with E-state index in [0.29, 0.717) is 0 Å². The number of rotatable bonds is 20. The van der Waals surface area contributed by atoms with Crippen LogP contribution in [-0.4, -0.2) is 242 Å². The lowest BCUT2D eigenvalue weighted by molar-refractivity contribution is -0.374. The van der Waals surface area contributed by atoms with E-state index in [2.05, 4.69) is 27.4 Å². The smallest absolute Gasteiger partial charge is 0.391 e. The van der Waals surface area contributed by atoms with Gasteiger partial charge in [-0.3, -0.25) is 27.8 Å². The minimum absolute atomic E-state index is 0.501. The molecule has 4 aliphatic heterocycles. The van der Waals surface area contributed by atoms with Crippen molar-refractivity contribution in [2.24, 2.45) is 0 Å². The Balaban J connectivity index is 1.72. The fourth-order valence-corrected chi connectivity index (χ4v) is 8.13. The zero-order chi connectivity index (χ0) is 49.9. The maximum absolute atomic E-state index is 12.4. The number of nitrogens with one attached hydrogen (secondary N) is 2. The maximum Gasteiger partial charge on any atom is 0.397 e. The Morgan fingerprint density at radius 1 is 0.485 bits per heavy atom. The highest BCUT2D eigenvalue weighted by molar-refractivity contribution is 7.81. The standard InChI is InChI=1S/C28H48N2O32S4/c1-8(31)29-15-11(33)3-10(4-52-63(40,41)42)56-26(15)62-24-18(35)13(6-54-65(46,47)48)58-28(21(24)38)60-22-14(7-55-66(49,50)51)59-27(16(19(22)36)30-9(2)32)61-23-17(34)12(5-53-64(43,44)45)57-25(39)20(23)37/h10-28,33-39H,3-7H2,1-2H3,(H,29,31)(H,30,32)(H,40,41,42)(H,43,44,45)(H,46,47,48)(H,49,50,51)/t10-,11-,12+,13+,14+,15+,16+,17-,18-,19+,20+,21+,22+,23-,24-,25+,26-,27-,28-/m0/s1. The SMILES string of the molecule is CC(=O)N[C@H]1[C@H](O[C@@H]2[C@@H](O)[C@H](O)O[C@H](COS(=O)(=O)O)[C@@H]2O)O[C@H](COS(=O)(=O)O)[C@@H](O[C@@H]2O[C@H](COS(=O)(=O)O)[C@H](O)[C@H](O[C@@H]3O[C@H](COS(=O)(=O)O)C[C@H](O)[C@H]3NC(C)=O)[C@H]2O)[C@@H]1O. The molecule has 34 nitrogen and oxygen atoms in total. The predicted octanol–water partition coefficient (Wildman–Crippen LogP) is -9.12. The van der Waals surface area contributed by atoms with Crippen LogP contribution in [0.5, 0.6) is 0 Å². The second-order valence-corrected chi connectivity index (χ2v) is 19.0. The topological polar surface area (TPSA) is 519 Å². The fourth-order valence-electron chi connectivity index (χ4n) is 6.89. The summed E-state index contributed by atoms with van der Waals surface area (Å²) in [5, 5.41) is 81.8. The van der Waals surface area contributed by atoms with Gasteiger partial charge in [0, 0.05) is 20.3 Å². The molecule has 13 N–H and O–H groups in total. The second-order valence-electron chi connectivity index (χ2n) is 14.6. The lowest BCUT2D eigenvalue weighted by Crippen LogP contribution is -2.70. The molecule has 4 aliphatic rings. The van der Waals surface area contributed by atoms with Crippen LogP contribution in [0.4, 0.5) is 0 Å². The van der Waals surface area contributed by atoms with Gasteiger partial charge in [-0.1, -0.05) is 0 Å². The number of hydrogen-bond acceptors (Lipinski definition) is 28. The third-order valence-electron chi connectivity index (χ3n) is 9.67. The van der Waals surface area contributed by atoms with Crippen LogP contribution >= 0.6 is 0 Å². The van der Waals surface area contributed by atoms with Crippen LogP contribution in [0.3, 0.4) is 0 Å². The first-order valence-corrected chi connectivity index (χ1v) is 24.1. The molecule has 0 aromatic heterocycles. The third kappa shape index (κ3) is 16.5. The zero-order valence-electron chi connectivity index (χ0n) is 33.6. The van der Waals surface area contributed by atoms with E-state index in [1.54, 1.807) is 0 Å². The minimum Gasteiger partial charge on any atom is -0.391 e. The summed E-state index contributed by atoms with van der Waals surface area (Å²) >= 11 is 0. The van der Waals surface area contributed by atoms with Crippen molar-refractivity contribution in [1.29, 1.82) is 0 Å². The molecule has 0 radical (unpaired) electrons. The first-order valence-electron chi connectivity index (χ1n) is 18.6. The Hall–Kier alpha value is -2.14. The van der Waals surface area contributed by atoms with Crippen molar-refractivity contribution in [3.05, 3.63) is 0 Å². The van der Waals surface area contributed by atoms with Crippen LogP contribution in [0.25, 0.3) is 0 Å². The highest BCUT2D eigenvalue weighted by atomic mass is 32.3. The van der Waals surface area contributed by atoms with Crippen molar-refractivity contribution in [1.82, 2.24) is 10.6 Å². The van der Waals surface area contributed by atoms with E-state index in [-0.39, 0.29) is 0 Å². The monoisotopic (exact) mass is 1050 g/mol. The number of carbonyl (C=O) groups is 2. The van der Waals surface area contributed by atoms with Crippen LogP contribution in [0.2, 0.25) is 0 Å². The predicted molar refractivity (Wildman–Crippen MR) is 197 cm³/mol. The van der Waals surface area contributed by atoms with Crippen LogP contribution in [0.15, 0.2) is 0 Å². The van der Waals surface area contributed by atoms with Crippen molar-refractivity contribution in [2.75, 3.05) is 26.4 Å². The quantitative estimate of drug-likeness (QED) is 0.0504. The van der Waals surface area contributed by atoms with Crippen LogP contribution in [0, 0.1) is 0 Å². The molecule has 2 amide bonds. The normalized spacial score (nSPS) is 39.5. The van der Waals surface area contributed by atoms with Gasteiger partial charge in [0.05, 0.1) is 38.6 Å². The Labute approximate surface area is 373 Å². The van der Waals surface area contributed by atoms with E-state index in [4.69, 9.17) is 42.3 Å². The summed E-state index contributed by atoms with van der Waals surface area (Å²) < 4.78 is 184. The molecule has 0 bridgehead atoms. The maximum atomic E-state index is 12.4. The molecule has 4 saturated heterocycles. The van der Waals surface area contributed by atoms with Gasteiger partial charge in [0.25, 0.3) is 0 Å². The van der Waals surface area contributed by atoms with Crippen molar-refractivity contribution < 1.29 is 147 Å². The minimum atomic E-state index is -5.43. The molecule has 0 aromatic rings. The van der Waals surface area contributed by atoms with Gasteiger partial charge in [0.15, 0.2) is 25.2 Å². The molecular formula is C28H48N2O32S4. The van der Waals surface area contributed by atoms with Gasteiger partial charge in [-0.25, -0.2) is 16.7 Å². The van der Waals surface area contributed by atoms with Crippen molar-refractivity contribution in [2.45, 2.75) is 137 Å². The van der Waals surface area contributed by atoms with Gasteiger partial charge in [-0.2, -0.15) is 33.7 Å². The molecule has 4 rings (SSSR count). The summed E-state index contributed by atoms with van der Waals surface area (Å²) in [5.41, 5.74) is 0. The molecule has 4 heterocycles. The molecule has 0 aliphatic carbocycles. The molecule has 0 spiro atoms. The first kappa shape index (κ1) is 56.4. The molecule has 0 saturated carbocycles. The van der Waals surface area contributed by atoms with Gasteiger partial charge in [0.2, 0.25) is 11.8 Å². The van der Waals surface area contributed by atoms with E-state index in [1.165, 1.54) is 0 Å². The van der Waals surface area contributed by atoms with Crippen molar-refractivity contribution in [3.8, 4) is 0 Å². The Bertz CT molecular complexity index is 2100. The average Bonchev–Trinajstić information content (AvgIpc) is 3.16. The van der Waals surface area contributed by atoms with Gasteiger partial charge >= 0.3 is 41.6 Å². The molecule has 38 heteroatoms. The second kappa shape index (κ2) is 22.7. The highest BCUT2D eigenvalue weighted by Crippen LogP contribution is 2.35. The fraction of sp³-hybridized carbons (Fsp3) is 0.929.